The fourth-order valence-electron chi connectivity index (χ4n) is 4.73. The van der Waals surface area contributed by atoms with Crippen LogP contribution in [-0.2, 0) is 9.59 Å². The zero-order valence-corrected chi connectivity index (χ0v) is 27.5. The molecule has 0 rings (SSSR count). The predicted molar refractivity (Wildman–Crippen MR) is 157 cm³/mol. The van der Waals surface area contributed by atoms with Crippen molar-refractivity contribution in [1.29, 1.82) is 0 Å². The third kappa shape index (κ3) is 14.2. The topological polar surface area (TPSA) is 34.1 Å². The summed E-state index contributed by atoms with van der Waals surface area (Å²) >= 11 is 5.88. The molecule has 196 valence electrons. The molecule has 0 aliphatic heterocycles. The van der Waals surface area contributed by atoms with Crippen LogP contribution in [0, 0.1) is 11.8 Å². The Morgan fingerprint density at radius 1 is 0.576 bits per heavy atom. The molecule has 0 saturated carbocycles. The van der Waals surface area contributed by atoms with Gasteiger partial charge in [0.2, 0.25) is 0 Å². The van der Waals surface area contributed by atoms with Crippen LogP contribution in [0.4, 0.5) is 0 Å². The first kappa shape index (κ1) is 33.8. The van der Waals surface area contributed by atoms with E-state index >= 15 is 0 Å². The van der Waals surface area contributed by atoms with E-state index in [4.69, 9.17) is 25.3 Å². The summed E-state index contributed by atoms with van der Waals surface area (Å²) < 4.78 is 2.33. The van der Waals surface area contributed by atoms with Crippen molar-refractivity contribution >= 4 is 51.2 Å². The zero-order chi connectivity index (χ0) is 25.3. The van der Waals surface area contributed by atoms with E-state index < -0.39 is 18.4 Å². The normalized spacial score (nSPS) is 14.1. The number of hydrogen-bond acceptors (Lipinski definition) is 4. The van der Waals surface area contributed by atoms with Gasteiger partial charge in [-0.2, -0.15) is 0 Å². The van der Waals surface area contributed by atoms with Crippen molar-refractivity contribution in [2.75, 3.05) is 0 Å². The molecule has 0 aromatic rings. The Balaban J connectivity index is 5.27. The van der Waals surface area contributed by atoms with E-state index in [-0.39, 0.29) is 10.5 Å². The van der Waals surface area contributed by atoms with Gasteiger partial charge in [0.1, 0.15) is 0 Å². The van der Waals surface area contributed by atoms with Crippen LogP contribution in [0.15, 0.2) is 0 Å². The second-order valence-corrected chi connectivity index (χ2v) is 24.2. The Kier molecular flexibility index (Phi) is 20.5. The Bertz CT molecular complexity index is 476. The van der Waals surface area contributed by atoms with Crippen LogP contribution in [-0.4, -0.2) is 36.5 Å². The standard InChI is InChI=1S/2C10H19OS.2C4H9.Sn/c2*1-9(2)6-4-3-5-7-10(12)8-11;2*1-3-4-2;/h2*9-10,12H,3-7H2,1-2H3;2*1,3-4H2,2H3;. The molecule has 0 fully saturated rings. The molecular formula is C28H56O2S2Sn. The van der Waals surface area contributed by atoms with Gasteiger partial charge in [0.15, 0.2) is 0 Å². The van der Waals surface area contributed by atoms with E-state index in [9.17, 15) is 9.59 Å². The van der Waals surface area contributed by atoms with Crippen molar-refractivity contribution in [3.8, 4) is 0 Å². The summed E-state index contributed by atoms with van der Waals surface area (Å²) in [5.41, 5.74) is 0. The summed E-state index contributed by atoms with van der Waals surface area (Å²) in [7, 11) is 0. The summed E-state index contributed by atoms with van der Waals surface area (Å²) in [6.07, 6.45) is 15.1. The van der Waals surface area contributed by atoms with Gasteiger partial charge < -0.3 is 0 Å². The summed E-state index contributed by atoms with van der Waals surface area (Å²) in [5.74, 6) is 1.47. The molecular weight excluding hydrogens is 551 g/mol. The number of carbonyl (C=O) groups excluding carboxylic acids is 2. The van der Waals surface area contributed by atoms with E-state index in [1.165, 1.54) is 25.7 Å². The van der Waals surface area contributed by atoms with Gasteiger partial charge in [-0.05, 0) is 0 Å². The van der Waals surface area contributed by atoms with Gasteiger partial charge >= 0.3 is 223 Å². The molecule has 0 amide bonds. The van der Waals surface area contributed by atoms with E-state index in [0.29, 0.717) is 7.60 Å². The fraction of sp³-hybridized carbons (Fsp3) is 0.929. The minimum atomic E-state index is -3.74. The second kappa shape index (κ2) is 20.0. The molecule has 0 spiro atoms. The quantitative estimate of drug-likeness (QED) is 0.0732. The summed E-state index contributed by atoms with van der Waals surface area (Å²) in [6.45, 7) is 13.4. The molecule has 0 N–H and O–H groups in total. The molecule has 0 aliphatic rings. The average Bonchev–Trinajstić information content (AvgIpc) is 2.77. The van der Waals surface area contributed by atoms with Crippen LogP contribution in [0.3, 0.4) is 0 Å². The van der Waals surface area contributed by atoms with Crippen molar-refractivity contribution in [1.82, 2.24) is 0 Å². The first-order valence-corrected chi connectivity index (χ1v) is 22.0. The second-order valence-electron chi connectivity index (χ2n) is 11.1. The molecule has 2 unspecified atom stereocenters. The number of rotatable bonds is 22. The summed E-state index contributed by atoms with van der Waals surface area (Å²) in [4.78, 5) is 27.8. The molecule has 0 saturated heterocycles. The van der Waals surface area contributed by atoms with Crippen molar-refractivity contribution in [3.05, 3.63) is 0 Å². The third-order valence-corrected chi connectivity index (χ3v) is 23.6. The fourth-order valence-corrected chi connectivity index (χ4v) is 22.6. The minimum absolute atomic E-state index is 0.246. The number of thiol groups is 2. The van der Waals surface area contributed by atoms with Crippen molar-refractivity contribution in [2.24, 2.45) is 11.8 Å². The maximum atomic E-state index is 13.9. The van der Waals surface area contributed by atoms with Crippen molar-refractivity contribution in [3.63, 3.8) is 0 Å². The van der Waals surface area contributed by atoms with Gasteiger partial charge in [0.25, 0.3) is 0 Å². The Hall–Kier alpha value is 0.839. The van der Waals surface area contributed by atoms with Crippen molar-refractivity contribution < 1.29 is 9.59 Å². The Morgan fingerprint density at radius 3 is 1.21 bits per heavy atom. The van der Waals surface area contributed by atoms with Crippen molar-refractivity contribution in [2.45, 2.75) is 151 Å². The first-order chi connectivity index (χ1) is 15.6. The zero-order valence-electron chi connectivity index (χ0n) is 22.8. The van der Waals surface area contributed by atoms with E-state index in [1.54, 1.807) is 0 Å². The van der Waals surface area contributed by atoms with Gasteiger partial charge in [-0.15, -0.1) is 0 Å². The van der Waals surface area contributed by atoms with Gasteiger partial charge in [-0.3, -0.25) is 0 Å². The summed E-state index contributed by atoms with van der Waals surface area (Å²) in [6, 6.07) is 0. The maximum absolute atomic E-state index is 13.9. The Labute approximate surface area is 222 Å². The summed E-state index contributed by atoms with van der Waals surface area (Å²) in [5, 5.41) is -0.492. The third-order valence-electron chi connectivity index (χ3n) is 6.98. The number of carbonyl (C=O) groups is 2. The molecule has 0 bridgehead atoms. The molecule has 2 atom stereocenters. The monoisotopic (exact) mass is 608 g/mol. The van der Waals surface area contributed by atoms with Crippen LogP contribution < -0.4 is 0 Å². The van der Waals surface area contributed by atoms with Gasteiger partial charge in [0, 0.05) is 0 Å². The van der Waals surface area contributed by atoms with Gasteiger partial charge in [0.05, 0.1) is 0 Å². The SMILES string of the molecule is CCC[CH2][Sn]([CH2]CCC)([C](=O)C(S)CCCCCC(C)C)[C](=O)C(S)CCCCCC(C)C. The first-order valence-electron chi connectivity index (χ1n) is 14.1. The van der Waals surface area contributed by atoms with Crippen LogP contribution >= 0.6 is 25.3 Å². The molecule has 0 aliphatic carbocycles. The predicted octanol–water partition coefficient (Wildman–Crippen LogP) is 9.06. The Morgan fingerprint density at radius 2 is 0.909 bits per heavy atom. The number of unbranched alkanes of at least 4 members (excludes halogenated alkanes) is 6. The molecule has 0 aromatic carbocycles. The molecule has 0 radical (unpaired) electrons. The van der Waals surface area contributed by atoms with Crippen LogP contribution in [0.2, 0.25) is 8.87 Å². The van der Waals surface area contributed by atoms with Crippen LogP contribution in [0.5, 0.6) is 0 Å². The van der Waals surface area contributed by atoms with E-state index in [1.807, 2.05) is 0 Å². The van der Waals surface area contributed by atoms with Crippen LogP contribution in [0.1, 0.15) is 131 Å². The van der Waals surface area contributed by atoms with E-state index in [2.05, 4.69) is 41.5 Å². The molecule has 0 aromatic heterocycles. The average molecular weight is 608 g/mol. The molecule has 5 heteroatoms. The molecule has 2 nitrogen and oxygen atoms in total. The molecule has 0 heterocycles. The molecule has 33 heavy (non-hydrogen) atoms. The number of hydrogen-bond donors (Lipinski definition) is 2. The van der Waals surface area contributed by atoms with E-state index in [0.717, 1.165) is 84.9 Å². The van der Waals surface area contributed by atoms with Crippen LogP contribution in [0.25, 0.3) is 0 Å². The van der Waals surface area contributed by atoms with Gasteiger partial charge in [-0.1, -0.05) is 0 Å². The van der Waals surface area contributed by atoms with Gasteiger partial charge in [-0.25, -0.2) is 0 Å².